The molecule has 0 amide bonds. The minimum atomic E-state index is -0.536. The number of carbonyl (C=O) groups is 1. The van der Waals surface area contributed by atoms with Crippen molar-refractivity contribution in [1.29, 1.82) is 0 Å². The smallest absolute Gasteiger partial charge is 0.355 e. The maximum absolute atomic E-state index is 12.5. The fourth-order valence-corrected chi connectivity index (χ4v) is 4.73. The van der Waals surface area contributed by atoms with E-state index in [1.54, 1.807) is 0 Å². The van der Waals surface area contributed by atoms with Crippen LogP contribution in [-0.4, -0.2) is 34.4 Å². The Hall–Kier alpha value is -3.64. The van der Waals surface area contributed by atoms with Crippen LogP contribution in [0.3, 0.4) is 0 Å². The average molecular weight is 543 g/mol. The molecule has 0 aliphatic carbocycles. The van der Waals surface area contributed by atoms with Crippen molar-refractivity contribution in [3.05, 3.63) is 107 Å². The number of rotatable bonds is 11. The number of esters is 1. The largest absolute Gasteiger partial charge is 0.468 e. The molecule has 0 bridgehead atoms. The van der Waals surface area contributed by atoms with Gasteiger partial charge in [0.25, 0.3) is 5.17 Å². The van der Waals surface area contributed by atoms with Gasteiger partial charge in [-0.3, -0.25) is 0 Å². The average Bonchev–Trinajstić information content (AvgIpc) is 3.34. The van der Waals surface area contributed by atoms with E-state index >= 15 is 0 Å². The van der Waals surface area contributed by atoms with E-state index in [-0.39, 0.29) is 12.1 Å². The Morgan fingerprint density at radius 3 is 2.10 bits per heavy atom. The van der Waals surface area contributed by atoms with Crippen LogP contribution in [0, 0.1) is 0 Å². The Morgan fingerprint density at radius 1 is 0.846 bits per heavy atom. The van der Waals surface area contributed by atoms with Gasteiger partial charge in [-0.1, -0.05) is 66.7 Å². The molecule has 5 nitrogen and oxygen atoms in total. The molecule has 0 saturated heterocycles. The molecule has 0 saturated carbocycles. The topological polar surface area (TPSA) is 63.4 Å². The number of thiocarbonyl (C=S) groups is 1. The Morgan fingerprint density at radius 2 is 1.46 bits per heavy atom. The number of hydrogen-bond acceptors (Lipinski definition) is 4. The van der Waals surface area contributed by atoms with Gasteiger partial charge in [-0.25, -0.2) is 4.79 Å². The highest BCUT2D eigenvalue weighted by atomic mass is 32.1. The van der Waals surface area contributed by atoms with E-state index in [2.05, 4.69) is 58.8 Å². The molecule has 4 aromatic rings. The van der Waals surface area contributed by atoms with E-state index in [0.717, 1.165) is 49.6 Å². The second kappa shape index (κ2) is 13.4. The zero-order valence-corrected chi connectivity index (χ0v) is 23.9. The molecule has 204 valence electrons. The van der Waals surface area contributed by atoms with Crippen LogP contribution in [0.4, 0.5) is 0 Å². The molecular formula is C33H38N2O3S. The Labute approximate surface area is 236 Å². The predicted octanol–water partition coefficient (Wildman–Crippen LogP) is 7.19. The van der Waals surface area contributed by atoms with Crippen molar-refractivity contribution < 1.29 is 14.3 Å². The summed E-state index contributed by atoms with van der Waals surface area (Å²) in [5.74, 6) is -0.345. The lowest BCUT2D eigenvalue weighted by molar-refractivity contribution is 0.00638. The molecule has 1 atom stereocenters. The summed E-state index contributed by atoms with van der Waals surface area (Å²) < 4.78 is 11.8. The number of aryl methyl sites for hydroxylation is 2. The maximum Gasteiger partial charge on any atom is 0.355 e. The van der Waals surface area contributed by atoms with Crippen LogP contribution in [0.15, 0.2) is 84.9 Å². The summed E-state index contributed by atoms with van der Waals surface area (Å²) in [5.41, 5.74) is 4.59. The van der Waals surface area contributed by atoms with Gasteiger partial charge in [0.15, 0.2) is 0 Å². The first-order valence-corrected chi connectivity index (χ1v) is 14.0. The SMILES string of the molecule is CC(C)(C)OC(=O)c1cc2cc(CCC(CCc3ccccc3)OC(=S)NCCc3ccccc3)ccc2[nH]1. The van der Waals surface area contributed by atoms with Crippen molar-refractivity contribution in [2.75, 3.05) is 6.54 Å². The first-order valence-electron chi connectivity index (χ1n) is 13.6. The van der Waals surface area contributed by atoms with E-state index in [1.807, 2.05) is 57.2 Å². The van der Waals surface area contributed by atoms with Crippen molar-refractivity contribution in [3.8, 4) is 0 Å². The van der Waals surface area contributed by atoms with Crippen LogP contribution >= 0.6 is 12.2 Å². The maximum atomic E-state index is 12.5. The van der Waals surface area contributed by atoms with Crippen molar-refractivity contribution in [1.82, 2.24) is 10.3 Å². The van der Waals surface area contributed by atoms with Crippen molar-refractivity contribution in [2.45, 2.75) is 64.6 Å². The molecule has 39 heavy (non-hydrogen) atoms. The van der Waals surface area contributed by atoms with Crippen LogP contribution < -0.4 is 5.32 Å². The van der Waals surface area contributed by atoms with Gasteiger partial charge in [0.2, 0.25) is 0 Å². The minimum absolute atomic E-state index is 0.0128. The molecular weight excluding hydrogens is 504 g/mol. The van der Waals surface area contributed by atoms with Crippen molar-refractivity contribution in [2.24, 2.45) is 0 Å². The number of aromatic amines is 1. The summed E-state index contributed by atoms with van der Waals surface area (Å²) in [6, 6.07) is 28.9. The Bertz CT molecular complexity index is 1360. The summed E-state index contributed by atoms with van der Waals surface area (Å²) in [4.78, 5) is 15.7. The molecule has 0 fully saturated rings. The van der Waals surface area contributed by atoms with Gasteiger partial charge in [-0.15, -0.1) is 0 Å². The highest BCUT2D eigenvalue weighted by Crippen LogP contribution is 2.22. The van der Waals surface area contributed by atoms with Crippen LogP contribution in [0.5, 0.6) is 0 Å². The molecule has 1 aromatic heterocycles. The number of aromatic nitrogens is 1. The summed E-state index contributed by atoms with van der Waals surface area (Å²) >= 11 is 5.55. The third kappa shape index (κ3) is 9.25. The zero-order chi connectivity index (χ0) is 27.7. The fourth-order valence-electron chi connectivity index (χ4n) is 4.49. The number of fused-ring (bicyclic) bond motifs is 1. The van der Waals surface area contributed by atoms with Gasteiger partial charge >= 0.3 is 5.97 Å². The highest BCUT2D eigenvalue weighted by Gasteiger charge is 2.20. The normalized spacial score (nSPS) is 12.2. The number of carbonyl (C=O) groups excluding carboxylic acids is 1. The number of benzene rings is 3. The second-order valence-electron chi connectivity index (χ2n) is 10.9. The van der Waals surface area contributed by atoms with Crippen LogP contribution in [0.1, 0.15) is 60.8 Å². The first kappa shape index (κ1) is 28.4. The summed E-state index contributed by atoms with van der Waals surface area (Å²) in [7, 11) is 0. The number of ether oxygens (including phenoxy) is 2. The third-order valence-corrected chi connectivity index (χ3v) is 6.70. The van der Waals surface area contributed by atoms with Gasteiger partial charge in [0.05, 0.1) is 0 Å². The zero-order valence-electron chi connectivity index (χ0n) is 23.0. The van der Waals surface area contributed by atoms with Crippen LogP contribution in [0.25, 0.3) is 10.9 Å². The van der Waals surface area contributed by atoms with E-state index in [9.17, 15) is 4.79 Å². The quantitative estimate of drug-likeness (QED) is 0.155. The molecule has 0 radical (unpaired) electrons. The van der Waals surface area contributed by atoms with Gasteiger partial charge < -0.3 is 19.8 Å². The lowest BCUT2D eigenvalue weighted by atomic mass is 10.0. The standard InChI is InChI=1S/C33H38N2O3S/c1-33(2,3)38-31(36)30-23-27-22-26(16-19-29(27)35-30)15-18-28(17-14-24-10-6-4-7-11-24)37-32(39)34-21-20-25-12-8-5-9-13-25/h4-13,16,19,22-23,28,35H,14-15,17-18,20-21H2,1-3H3,(H,34,39). The molecule has 1 unspecified atom stereocenters. The molecule has 4 rings (SSSR count). The molecule has 0 aliphatic rings. The van der Waals surface area contributed by atoms with Crippen LogP contribution in [-0.2, 0) is 28.7 Å². The van der Waals surface area contributed by atoms with Crippen molar-refractivity contribution in [3.63, 3.8) is 0 Å². The van der Waals surface area contributed by atoms with Crippen LogP contribution in [0.2, 0.25) is 0 Å². The molecule has 3 aromatic carbocycles. The monoisotopic (exact) mass is 542 g/mol. The van der Waals surface area contributed by atoms with Gasteiger partial charge in [-0.2, -0.15) is 0 Å². The number of nitrogens with one attached hydrogen (secondary N) is 2. The highest BCUT2D eigenvalue weighted by molar-refractivity contribution is 7.80. The summed E-state index contributed by atoms with van der Waals surface area (Å²) in [6.07, 6.45) is 4.35. The molecule has 6 heteroatoms. The molecule has 1 heterocycles. The Balaban J connectivity index is 1.36. The van der Waals surface area contributed by atoms with E-state index in [0.29, 0.717) is 10.9 Å². The predicted molar refractivity (Wildman–Crippen MR) is 162 cm³/mol. The molecule has 0 aliphatic heterocycles. The third-order valence-electron chi connectivity index (χ3n) is 6.46. The van der Waals surface area contributed by atoms with Crippen molar-refractivity contribution >= 4 is 34.3 Å². The van der Waals surface area contributed by atoms with Gasteiger partial charge in [-0.05, 0) is 100.0 Å². The first-order chi connectivity index (χ1) is 18.7. The van der Waals surface area contributed by atoms with E-state index in [4.69, 9.17) is 21.7 Å². The number of hydrogen-bond donors (Lipinski definition) is 2. The summed E-state index contributed by atoms with van der Waals surface area (Å²) in [5, 5.41) is 4.72. The Kier molecular flexibility index (Phi) is 9.77. The minimum Gasteiger partial charge on any atom is -0.468 e. The lowest BCUT2D eigenvalue weighted by Crippen LogP contribution is -2.31. The van der Waals surface area contributed by atoms with Gasteiger partial charge in [0.1, 0.15) is 17.4 Å². The number of H-pyrrole nitrogens is 1. The molecule has 0 spiro atoms. The molecule has 2 N–H and O–H groups in total. The lowest BCUT2D eigenvalue weighted by Gasteiger charge is -2.20. The summed E-state index contributed by atoms with van der Waals surface area (Å²) in [6.45, 7) is 6.34. The fraction of sp³-hybridized carbons (Fsp3) is 0.333. The van der Waals surface area contributed by atoms with Gasteiger partial charge in [0, 0.05) is 17.4 Å². The second-order valence-corrected chi connectivity index (χ2v) is 11.2. The van der Waals surface area contributed by atoms with E-state index in [1.165, 1.54) is 16.7 Å². The van der Waals surface area contributed by atoms with E-state index < -0.39 is 5.60 Å².